The Balaban J connectivity index is 1.74. The number of anilines is 1. The highest BCUT2D eigenvalue weighted by molar-refractivity contribution is 7.12. The molecule has 0 saturated carbocycles. The van der Waals surface area contributed by atoms with Gasteiger partial charge < -0.3 is 4.42 Å². The second-order valence-corrected chi connectivity index (χ2v) is 6.46. The SMILES string of the molecule is Clc1ccc(N2N=C(c3cccs3)C[C@@H]2c2ccco2)cc1. The smallest absolute Gasteiger partial charge is 0.128 e. The Morgan fingerprint density at radius 2 is 2.00 bits per heavy atom. The lowest BCUT2D eigenvalue weighted by atomic mass is 10.1. The number of hydrazone groups is 1. The van der Waals surface area contributed by atoms with Crippen LogP contribution in [-0.2, 0) is 0 Å². The molecule has 0 aliphatic carbocycles. The average molecular weight is 329 g/mol. The van der Waals surface area contributed by atoms with Gasteiger partial charge in [-0.25, -0.2) is 0 Å². The Bertz CT molecular complexity index is 779. The fourth-order valence-electron chi connectivity index (χ4n) is 2.64. The van der Waals surface area contributed by atoms with Crippen LogP contribution < -0.4 is 5.01 Å². The summed E-state index contributed by atoms with van der Waals surface area (Å²) in [6, 6.07) is 15.9. The Hall–Kier alpha value is -2.04. The summed E-state index contributed by atoms with van der Waals surface area (Å²) in [5.74, 6) is 0.922. The summed E-state index contributed by atoms with van der Waals surface area (Å²) in [4.78, 5) is 1.20. The zero-order valence-corrected chi connectivity index (χ0v) is 13.2. The average Bonchev–Trinajstić information content (AvgIpc) is 3.27. The largest absolute Gasteiger partial charge is 0.467 e. The zero-order chi connectivity index (χ0) is 14.9. The van der Waals surface area contributed by atoms with E-state index in [0.717, 1.165) is 28.6 Å². The molecular formula is C17H13ClN2OS. The van der Waals surface area contributed by atoms with Crippen LogP contribution in [0.1, 0.15) is 23.1 Å². The summed E-state index contributed by atoms with van der Waals surface area (Å²) in [7, 11) is 0. The van der Waals surface area contributed by atoms with Crippen molar-refractivity contribution >= 4 is 34.3 Å². The number of hydrogen-bond acceptors (Lipinski definition) is 4. The molecule has 2 aromatic heterocycles. The molecule has 3 heterocycles. The first-order valence-corrected chi connectivity index (χ1v) is 8.26. The standard InChI is InChI=1S/C17H13ClN2OS/c18-12-5-7-13(8-6-12)20-15(16-3-1-9-21-16)11-14(19-20)17-4-2-10-22-17/h1-10,15H,11H2/t15-/m1/s1. The van der Waals surface area contributed by atoms with Gasteiger partial charge in [0.1, 0.15) is 11.8 Å². The van der Waals surface area contributed by atoms with Gasteiger partial charge in [0.15, 0.2) is 0 Å². The van der Waals surface area contributed by atoms with Crippen molar-refractivity contribution in [2.75, 3.05) is 5.01 Å². The molecule has 0 bridgehead atoms. The number of hydrogen-bond donors (Lipinski definition) is 0. The highest BCUT2D eigenvalue weighted by Gasteiger charge is 2.32. The Labute approximate surface area is 137 Å². The molecule has 0 amide bonds. The van der Waals surface area contributed by atoms with E-state index in [1.54, 1.807) is 17.6 Å². The molecule has 4 rings (SSSR count). The van der Waals surface area contributed by atoms with Crippen LogP contribution in [0.5, 0.6) is 0 Å². The van der Waals surface area contributed by atoms with Crippen molar-refractivity contribution in [3.8, 4) is 0 Å². The van der Waals surface area contributed by atoms with Gasteiger partial charge in [0.2, 0.25) is 0 Å². The van der Waals surface area contributed by atoms with Crippen LogP contribution in [-0.4, -0.2) is 5.71 Å². The first-order valence-electron chi connectivity index (χ1n) is 7.01. The molecule has 0 N–H and O–H groups in total. The van der Waals surface area contributed by atoms with Gasteiger partial charge >= 0.3 is 0 Å². The molecule has 1 aromatic carbocycles. The van der Waals surface area contributed by atoms with E-state index in [1.807, 2.05) is 41.4 Å². The van der Waals surface area contributed by atoms with Crippen molar-refractivity contribution in [3.05, 3.63) is 75.8 Å². The molecule has 3 aromatic rings. The van der Waals surface area contributed by atoms with Gasteiger partial charge in [0.25, 0.3) is 0 Å². The van der Waals surface area contributed by atoms with Gasteiger partial charge in [-0.1, -0.05) is 17.7 Å². The highest BCUT2D eigenvalue weighted by atomic mass is 35.5. The zero-order valence-electron chi connectivity index (χ0n) is 11.6. The van der Waals surface area contributed by atoms with E-state index >= 15 is 0 Å². The summed E-state index contributed by atoms with van der Waals surface area (Å²) >= 11 is 7.70. The molecule has 110 valence electrons. The highest BCUT2D eigenvalue weighted by Crippen LogP contribution is 2.37. The second-order valence-electron chi connectivity index (χ2n) is 5.08. The lowest BCUT2D eigenvalue weighted by Gasteiger charge is -2.21. The second kappa shape index (κ2) is 5.63. The minimum Gasteiger partial charge on any atom is -0.467 e. The predicted octanol–water partition coefficient (Wildman–Crippen LogP) is 5.35. The fourth-order valence-corrected chi connectivity index (χ4v) is 3.48. The van der Waals surface area contributed by atoms with Crippen molar-refractivity contribution < 1.29 is 4.42 Å². The monoisotopic (exact) mass is 328 g/mol. The Morgan fingerprint density at radius 3 is 2.68 bits per heavy atom. The number of halogens is 1. The molecule has 1 atom stereocenters. The van der Waals surface area contributed by atoms with Crippen LogP contribution >= 0.6 is 22.9 Å². The van der Waals surface area contributed by atoms with Gasteiger partial charge in [0.05, 0.1) is 22.5 Å². The van der Waals surface area contributed by atoms with E-state index in [9.17, 15) is 0 Å². The maximum atomic E-state index is 5.99. The number of benzene rings is 1. The lowest BCUT2D eigenvalue weighted by Crippen LogP contribution is -2.17. The Kier molecular flexibility index (Phi) is 3.48. The summed E-state index contributed by atoms with van der Waals surface area (Å²) in [5, 5.41) is 9.64. The summed E-state index contributed by atoms with van der Waals surface area (Å²) < 4.78 is 5.62. The maximum Gasteiger partial charge on any atom is 0.128 e. The van der Waals surface area contributed by atoms with Crippen LogP contribution in [0.15, 0.2) is 69.7 Å². The summed E-state index contributed by atoms with van der Waals surface area (Å²) in [6.07, 6.45) is 2.54. The van der Waals surface area contributed by atoms with Crippen molar-refractivity contribution in [2.24, 2.45) is 5.10 Å². The van der Waals surface area contributed by atoms with E-state index in [2.05, 4.69) is 17.5 Å². The Morgan fingerprint density at radius 1 is 1.14 bits per heavy atom. The third kappa shape index (κ3) is 2.45. The number of thiophene rings is 1. The molecule has 5 heteroatoms. The van der Waals surface area contributed by atoms with Crippen LogP contribution in [0.3, 0.4) is 0 Å². The molecule has 22 heavy (non-hydrogen) atoms. The van der Waals surface area contributed by atoms with Crippen LogP contribution in [0, 0.1) is 0 Å². The summed E-state index contributed by atoms with van der Waals surface area (Å²) in [6.45, 7) is 0. The third-order valence-electron chi connectivity index (χ3n) is 3.68. The predicted molar refractivity (Wildman–Crippen MR) is 90.9 cm³/mol. The van der Waals surface area contributed by atoms with E-state index < -0.39 is 0 Å². The van der Waals surface area contributed by atoms with Crippen LogP contribution in [0.2, 0.25) is 5.02 Å². The number of rotatable bonds is 3. The molecule has 0 fully saturated rings. The van der Waals surface area contributed by atoms with Crippen LogP contribution in [0.4, 0.5) is 5.69 Å². The van der Waals surface area contributed by atoms with Gasteiger partial charge in [0, 0.05) is 11.4 Å². The third-order valence-corrected chi connectivity index (χ3v) is 4.85. The first kappa shape index (κ1) is 13.6. The van der Waals surface area contributed by atoms with Crippen molar-refractivity contribution in [3.63, 3.8) is 0 Å². The van der Waals surface area contributed by atoms with Gasteiger partial charge in [-0.15, -0.1) is 11.3 Å². The van der Waals surface area contributed by atoms with E-state index in [0.29, 0.717) is 0 Å². The molecule has 0 saturated heterocycles. The topological polar surface area (TPSA) is 28.7 Å². The van der Waals surface area contributed by atoms with Crippen molar-refractivity contribution in [1.29, 1.82) is 0 Å². The molecule has 0 radical (unpaired) electrons. The molecule has 1 aliphatic heterocycles. The van der Waals surface area contributed by atoms with E-state index in [-0.39, 0.29) is 6.04 Å². The van der Waals surface area contributed by atoms with Crippen molar-refractivity contribution in [2.45, 2.75) is 12.5 Å². The van der Waals surface area contributed by atoms with Gasteiger partial charge in [-0.2, -0.15) is 5.10 Å². The first-order chi connectivity index (χ1) is 10.8. The summed E-state index contributed by atoms with van der Waals surface area (Å²) in [5.41, 5.74) is 2.10. The normalized spacial score (nSPS) is 17.8. The maximum absolute atomic E-state index is 5.99. The molecular weight excluding hydrogens is 316 g/mol. The molecule has 0 unspecified atom stereocenters. The molecule has 1 aliphatic rings. The van der Waals surface area contributed by atoms with Gasteiger partial charge in [-0.05, 0) is 47.8 Å². The lowest BCUT2D eigenvalue weighted by molar-refractivity contribution is 0.465. The molecule has 3 nitrogen and oxygen atoms in total. The quantitative estimate of drug-likeness (QED) is 0.648. The minimum atomic E-state index is 0.0771. The van der Waals surface area contributed by atoms with Crippen LogP contribution in [0.25, 0.3) is 0 Å². The van der Waals surface area contributed by atoms with E-state index in [4.69, 9.17) is 21.1 Å². The van der Waals surface area contributed by atoms with E-state index in [1.165, 1.54) is 4.88 Å². The van der Waals surface area contributed by atoms with Crippen molar-refractivity contribution in [1.82, 2.24) is 0 Å². The fraction of sp³-hybridized carbons (Fsp3) is 0.118. The number of furan rings is 1. The molecule has 0 spiro atoms. The number of nitrogens with zero attached hydrogens (tertiary/aromatic N) is 2. The van der Waals surface area contributed by atoms with Gasteiger partial charge in [-0.3, -0.25) is 5.01 Å². The minimum absolute atomic E-state index is 0.0771.